The first kappa shape index (κ1) is 15.7. The van der Waals surface area contributed by atoms with E-state index >= 15 is 0 Å². The smallest absolute Gasteiger partial charge is 0.0701 e. The second-order valence-corrected chi connectivity index (χ2v) is 8.06. The average molecular weight is 326 g/mol. The van der Waals surface area contributed by atoms with E-state index in [0.29, 0.717) is 5.92 Å². The molecule has 0 radical (unpaired) electrons. The highest BCUT2D eigenvalue weighted by Gasteiger charge is 2.40. The molecular weight excluding hydrogens is 302 g/mol. The standard InChI is InChI=1S/C17H24ClNOS/c1-12-2-3-13(10-15(12)18)16(19)14-4-7-20-17(11-14)5-8-21-9-6-17/h2-3,10,14,16H,4-9,11,19H2,1H3. The Bertz CT molecular complexity index is 496. The van der Waals surface area contributed by atoms with E-state index in [2.05, 4.69) is 12.1 Å². The van der Waals surface area contributed by atoms with Crippen LogP contribution in [0.4, 0.5) is 0 Å². The molecule has 0 saturated carbocycles. The van der Waals surface area contributed by atoms with Crippen LogP contribution in [0.2, 0.25) is 5.02 Å². The molecule has 0 bridgehead atoms. The van der Waals surface area contributed by atoms with Crippen LogP contribution in [0.15, 0.2) is 18.2 Å². The second kappa shape index (κ2) is 6.49. The summed E-state index contributed by atoms with van der Waals surface area (Å²) in [7, 11) is 0. The van der Waals surface area contributed by atoms with E-state index in [1.807, 2.05) is 24.8 Å². The maximum Gasteiger partial charge on any atom is 0.0701 e. The number of rotatable bonds is 2. The van der Waals surface area contributed by atoms with Gasteiger partial charge in [0.15, 0.2) is 0 Å². The van der Waals surface area contributed by atoms with Gasteiger partial charge in [0.25, 0.3) is 0 Å². The second-order valence-electron chi connectivity index (χ2n) is 6.43. The summed E-state index contributed by atoms with van der Waals surface area (Å²) in [6.45, 7) is 2.88. The predicted molar refractivity (Wildman–Crippen MR) is 91.1 cm³/mol. The zero-order chi connectivity index (χ0) is 14.9. The van der Waals surface area contributed by atoms with Gasteiger partial charge in [-0.25, -0.2) is 0 Å². The molecule has 2 aliphatic rings. The minimum atomic E-state index is 0.0680. The average Bonchev–Trinajstić information content (AvgIpc) is 2.50. The molecule has 2 N–H and O–H groups in total. The molecule has 116 valence electrons. The van der Waals surface area contributed by atoms with Gasteiger partial charge in [0.05, 0.1) is 5.60 Å². The number of hydrogen-bond donors (Lipinski definition) is 1. The van der Waals surface area contributed by atoms with E-state index in [4.69, 9.17) is 22.1 Å². The van der Waals surface area contributed by atoms with Gasteiger partial charge in [0.2, 0.25) is 0 Å². The minimum absolute atomic E-state index is 0.0680. The highest BCUT2D eigenvalue weighted by atomic mass is 35.5. The van der Waals surface area contributed by atoms with Gasteiger partial charge in [-0.05, 0) is 67.2 Å². The lowest BCUT2D eigenvalue weighted by Gasteiger charge is -2.44. The number of aryl methyl sites for hydroxylation is 1. The zero-order valence-electron chi connectivity index (χ0n) is 12.6. The molecule has 1 aromatic rings. The van der Waals surface area contributed by atoms with Crippen LogP contribution in [0.25, 0.3) is 0 Å². The predicted octanol–water partition coefficient (Wildman–Crippen LogP) is 4.34. The Morgan fingerprint density at radius 3 is 2.86 bits per heavy atom. The van der Waals surface area contributed by atoms with Gasteiger partial charge in [-0.1, -0.05) is 23.7 Å². The van der Waals surface area contributed by atoms with Crippen molar-refractivity contribution in [3.8, 4) is 0 Å². The minimum Gasteiger partial charge on any atom is -0.375 e. The van der Waals surface area contributed by atoms with Crippen molar-refractivity contribution >= 4 is 23.4 Å². The summed E-state index contributed by atoms with van der Waals surface area (Å²) in [5, 5.41) is 0.818. The highest BCUT2D eigenvalue weighted by Crippen LogP contribution is 2.43. The molecule has 2 nitrogen and oxygen atoms in total. The van der Waals surface area contributed by atoms with Crippen LogP contribution < -0.4 is 5.73 Å². The third-order valence-electron chi connectivity index (χ3n) is 5.02. The summed E-state index contributed by atoms with van der Waals surface area (Å²) in [6.07, 6.45) is 4.51. The molecule has 0 amide bonds. The molecule has 2 fully saturated rings. The normalized spacial score (nSPS) is 26.7. The number of nitrogens with two attached hydrogens (primary N) is 1. The summed E-state index contributed by atoms with van der Waals surface area (Å²) in [6, 6.07) is 6.31. The van der Waals surface area contributed by atoms with Crippen LogP contribution >= 0.6 is 23.4 Å². The summed E-state index contributed by atoms with van der Waals surface area (Å²) in [4.78, 5) is 0. The first-order valence-electron chi connectivity index (χ1n) is 7.83. The Labute approximate surface area is 136 Å². The van der Waals surface area contributed by atoms with Crippen LogP contribution in [0.3, 0.4) is 0 Å². The number of benzene rings is 1. The van der Waals surface area contributed by atoms with E-state index < -0.39 is 0 Å². The van der Waals surface area contributed by atoms with Gasteiger partial charge < -0.3 is 10.5 Å². The summed E-state index contributed by atoms with van der Waals surface area (Å²) >= 11 is 8.30. The van der Waals surface area contributed by atoms with Crippen molar-refractivity contribution in [3.05, 3.63) is 34.3 Å². The Balaban J connectivity index is 1.74. The molecule has 2 unspecified atom stereocenters. The van der Waals surface area contributed by atoms with Crippen molar-refractivity contribution in [2.45, 2.75) is 44.2 Å². The Hall–Kier alpha value is -0.220. The quantitative estimate of drug-likeness (QED) is 0.878. The van der Waals surface area contributed by atoms with Crippen molar-refractivity contribution < 1.29 is 4.74 Å². The zero-order valence-corrected chi connectivity index (χ0v) is 14.2. The van der Waals surface area contributed by atoms with Crippen molar-refractivity contribution in [1.29, 1.82) is 0 Å². The molecule has 21 heavy (non-hydrogen) atoms. The number of thioether (sulfide) groups is 1. The SMILES string of the molecule is Cc1ccc(C(N)C2CCOC3(CCSCC3)C2)cc1Cl. The fourth-order valence-electron chi connectivity index (χ4n) is 3.55. The number of ether oxygens (including phenoxy) is 1. The fraction of sp³-hybridized carbons (Fsp3) is 0.647. The molecule has 3 rings (SSSR count). The van der Waals surface area contributed by atoms with Gasteiger partial charge in [-0.15, -0.1) is 0 Å². The lowest BCUT2D eigenvalue weighted by Crippen LogP contribution is -2.45. The lowest BCUT2D eigenvalue weighted by atomic mass is 9.77. The Morgan fingerprint density at radius 2 is 2.14 bits per heavy atom. The maximum atomic E-state index is 6.56. The van der Waals surface area contributed by atoms with E-state index in [1.54, 1.807) is 0 Å². The van der Waals surface area contributed by atoms with Gasteiger partial charge in [0, 0.05) is 17.7 Å². The summed E-state index contributed by atoms with van der Waals surface area (Å²) in [5.41, 5.74) is 8.93. The molecule has 0 aromatic heterocycles. The highest BCUT2D eigenvalue weighted by molar-refractivity contribution is 7.99. The topological polar surface area (TPSA) is 35.2 Å². The summed E-state index contributed by atoms with van der Waals surface area (Å²) < 4.78 is 6.17. The van der Waals surface area contributed by atoms with Crippen molar-refractivity contribution in [1.82, 2.24) is 0 Å². The van der Waals surface area contributed by atoms with Crippen LogP contribution in [-0.2, 0) is 4.74 Å². The molecule has 2 aliphatic heterocycles. The summed E-state index contributed by atoms with van der Waals surface area (Å²) in [5.74, 6) is 2.94. The molecule has 2 saturated heterocycles. The third-order valence-corrected chi connectivity index (χ3v) is 6.42. The van der Waals surface area contributed by atoms with Crippen LogP contribution in [-0.4, -0.2) is 23.7 Å². The van der Waals surface area contributed by atoms with E-state index in [1.165, 1.54) is 24.3 Å². The van der Waals surface area contributed by atoms with E-state index in [-0.39, 0.29) is 11.6 Å². The molecule has 0 aliphatic carbocycles. The monoisotopic (exact) mass is 325 g/mol. The van der Waals surface area contributed by atoms with Gasteiger partial charge >= 0.3 is 0 Å². The molecule has 2 atom stereocenters. The fourth-order valence-corrected chi connectivity index (χ4v) is 4.98. The molecule has 2 heterocycles. The third kappa shape index (κ3) is 3.42. The van der Waals surface area contributed by atoms with Crippen molar-refractivity contribution in [2.24, 2.45) is 11.7 Å². The van der Waals surface area contributed by atoms with Gasteiger partial charge in [0.1, 0.15) is 0 Å². The molecule has 1 spiro atoms. The van der Waals surface area contributed by atoms with Gasteiger partial charge in [-0.3, -0.25) is 0 Å². The first-order chi connectivity index (χ1) is 10.1. The lowest BCUT2D eigenvalue weighted by molar-refractivity contribution is -0.105. The number of halogens is 1. The van der Waals surface area contributed by atoms with Crippen LogP contribution in [0, 0.1) is 12.8 Å². The molecule has 4 heteroatoms. The molecule has 1 aromatic carbocycles. The van der Waals surface area contributed by atoms with Crippen LogP contribution in [0.5, 0.6) is 0 Å². The van der Waals surface area contributed by atoms with Crippen molar-refractivity contribution in [2.75, 3.05) is 18.1 Å². The van der Waals surface area contributed by atoms with Crippen molar-refractivity contribution in [3.63, 3.8) is 0 Å². The first-order valence-corrected chi connectivity index (χ1v) is 9.36. The van der Waals surface area contributed by atoms with Crippen LogP contribution in [0.1, 0.15) is 42.9 Å². The maximum absolute atomic E-state index is 6.56. The van der Waals surface area contributed by atoms with Gasteiger partial charge in [-0.2, -0.15) is 11.8 Å². The Kier molecular flexibility index (Phi) is 4.84. The number of hydrogen-bond acceptors (Lipinski definition) is 3. The van der Waals surface area contributed by atoms with E-state index in [0.717, 1.165) is 35.6 Å². The van der Waals surface area contributed by atoms with E-state index in [9.17, 15) is 0 Å². The molecular formula is C17H24ClNOS. The Morgan fingerprint density at radius 1 is 1.38 bits per heavy atom. The largest absolute Gasteiger partial charge is 0.375 e.